The zero-order valence-corrected chi connectivity index (χ0v) is 7.69. The molecule has 0 bridgehead atoms. The molecule has 1 aliphatic heterocycles. The van der Waals surface area contributed by atoms with Crippen LogP contribution in [0.1, 0.15) is 39.5 Å². The van der Waals surface area contributed by atoms with E-state index in [1.54, 1.807) is 6.92 Å². The zero-order chi connectivity index (χ0) is 8.53. The predicted octanol–water partition coefficient (Wildman–Crippen LogP) is 2.18. The lowest BCUT2D eigenvalue weighted by molar-refractivity contribution is 0.393. The number of terminal acetylenes is 1. The van der Waals surface area contributed by atoms with E-state index in [0.717, 1.165) is 6.04 Å². The number of hydrogen-bond donors (Lipinski definition) is 1. The summed E-state index contributed by atoms with van der Waals surface area (Å²) in [5.41, 5.74) is 0. The van der Waals surface area contributed by atoms with Crippen LogP contribution in [-0.2, 0) is 0 Å². The van der Waals surface area contributed by atoms with Gasteiger partial charge in [0.1, 0.15) is 0 Å². The second kappa shape index (κ2) is 7.63. The van der Waals surface area contributed by atoms with Gasteiger partial charge in [0.25, 0.3) is 0 Å². The van der Waals surface area contributed by atoms with Crippen LogP contribution in [0.3, 0.4) is 0 Å². The Labute approximate surface area is 70.6 Å². The summed E-state index contributed by atoms with van der Waals surface area (Å²) >= 11 is 0. The molecule has 1 aliphatic rings. The Kier molecular flexibility index (Phi) is 7.29. The molecule has 0 aromatic rings. The molecule has 0 saturated carbocycles. The van der Waals surface area contributed by atoms with Gasteiger partial charge >= 0.3 is 0 Å². The number of rotatable bonds is 1. The van der Waals surface area contributed by atoms with Crippen LogP contribution in [0.25, 0.3) is 0 Å². The van der Waals surface area contributed by atoms with Gasteiger partial charge in [-0.1, -0.05) is 13.3 Å². The minimum Gasteiger partial charge on any atom is -0.314 e. The molecule has 1 saturated heterocycles. The first kappa shape index (κ1) is 10.5. The van der Waals surface area contributed by atoms with Crippen LogP contribution >= 0.6 is 0 Å². The molecule has 1 heteroatoms. The molecule has 0 aromatic carbocycles. The van der Waals surface area contributed by atoms with Crippen molar-refractivity contribution in [3.63, 3.8) is 0 Å². The maximum absolute atomic E-state index is 4.60. The maximum Gasteiger partial charge on any atom is 0.00644 e. The highest BCUT2D eigenvalue weighted by atomic mass is 14.9. The monoisotopic (exact) mass is 153 g/mol. The average Bonchev–Trinajstić information content (AvgIpc) is 2.08. The van der Waals surface area contributed by atoms with E-state index < -0.39 is 0 Å². The van der Waals surface area contributed by atoms with Crippen LogP contribution in [0.4, 0.5) is 0 Å². The average molecular weight is 153 g/mol. The molecule has 1 nitrogen and oxygen atoms in total. The van der Waals surface area contributed by atoms with Crippen molar-refractivity contribution in [2.75, 3.05) is 6.54 Å². The SMILES string of the molecule is C#CC.CC[C@@H]1CCCCN1. The smallest absolute Gasteiger partial charge is 0.00644 e. The summed E-state index contributed by atoms with van der Waals surface area (Å²) in [6, 6.07) is 0.837. The van der Waals surface area contributed by atoms with Gasteiger partial charge in [0, 0.05) is 6.04 Å². The number of nitrogens with one attached hydrogen (secondary N) is 1. The van der Waals surface area contributed by atoms with Crippen molar-refractivity contribution >= 4 is 0 Å². The Bertz CT molecular complexity index is 107. The molecule has 1 atom stereocenters. The quantitative estimate of drug-likeness (QED) is 0.569. The molecular formula is C10H19N. The Balaban J connectivity index is 0.000000292. The molecular weight excluding hydrogens is 134 g/mol. The largest absolute Gasteiger partial charge is 0.314 e. The summed E-state index contributed by atoms with van der Waals surface area (Å²) in [5, 5.41) is 3.47. The van der Waals surface area contributed by atoms with Crippen LogP contribution in [0.15, 0.2) is 0 Å². The Morgan fingerprint density at radius 3 is 2.45 bits per heavy atom. The van der Waals surface area contributed by atoms with Gasteiger partial charge in [0.15, 0.2) is 0 Å². The van der Waals surface area contributed by atoms with E-state index in [4.69, 9.17) is 0 Å². The molecule has 0 unspecified atom stereocenters. The van der Waals surface area contributed by atoms with Gasteiger partial charge in [-0.15, -0.1) is 12.3 Å². The van der Waals surface area contributed by atoms with Crippen LogP contribution in [0.2, 0.25) is 0 Å². The second-order valence-electron chi connectivity index (χ2n) is 2.84. The van der Waals surface area contributed by atoms with E-state index in [9.17, 15) is 0 Å². The van der Waals surface area contributed by atoms with Gasteiger partial charge in [0.2, 0.25) is 0 Å². The standard InChI is InChI=1S/C7H15N.C3H4/c1-2-7-5-3-4-6-8-7;1-3-2/h7-8H,2-6H2,1H3;1H,2H3/t7-;/m1./s1. The molecule has 0 spiro atoms. The van der Waals surface area contributed by atoms with Gasteiger partial charge in [-0.25, -0.2) is 0 Å². The van der Waals surface area contributed by atoms with E-state index in [1.807, 2.05) is 0 Å². The van der Waals surface area contributed by atoms with E-state index in [0.29, 0.717) is 0 Å². The van der Waals surface area contributed by atoms with Gasteiger partial charge in [0.05, 0.1) is 0 Å². The molecule has 64 valence electrons. The third-order valence-electron chi connectivity index (χ3n) is 1.91. The molecule has 11 heavy (non-hydrogen) atoms. The number of hydrogen-bond acceptors (Lipinski definition) is 1. The molecule has 1 fully saturated rings. The van der Waals surface area contributed by atoms with Crippen molar-refractivity contribution in [1.29, 1.82) is 0 Å². The van der Waals surface area contributed by atoms with Crippen molar-refractivity contribution < 1.29 is 0 Å². The molecule has 0 amide bonds. The zero-order valence-electron chi connectivity index (χ0n) is 7.69. The minimum atomic E-state index is 0.837. The fourth-order valence-electron chi connectivity index (χ4n) is 1.27. The van der Waals surface area contributed by atoms with Gasteiger partial charge in [-0.05, 0) is 32.7 Å². The summed E-state index contributed by atoms with van der Waals surface area (Å²) in [6.45, 7) is 5.15. The van der Waals surface area contributed by atoms with Crippen molar-refractivity contribution in [2.24, 2.45) is 0 Å². The van der Waals surface area contributed by atoms with E-state index in [2.05, 4.69) is 24.6 Å². The lowest BCUT2D eigenvalue weighted by Crippen LogP contribution is -2.32. The third kappa shape index (κ3) is 5.94. The lowest BCUT2D eigenvalue weighted by atomic mass is 10.0. The lowest BCUT2D eigenvalue weighted by Gasteiger charge is -2.21. The van der Waals surface area contributed by atoms with Crippen LogP contribution < -0.4 is 5.32 Å². The summed E-state index contributed by atoms with van der Waals surface area (Å²) in [5.74, 6) is 2.25. The van der Waals surface area contributed by atoms with E-state index in [1.165, 1.54) is 32.2 Å². The second-order valence-corrected chi connectivity index (χ2v) is 2.84. The van der Waals surface area contributed by atoms with Gasteiger partial charge < -0.3 is 5.32 Å². The molecule has 0 aromatic heterocycles. The first-order valence-corrected chi connectivity index (χ1v) is 4.45. The molecule has 1 N–H and O–H groups in total. The highest BCUT2D eigenvalue weighted by molar-refractivity contribution is 4.73. The Morgan fingerprint density at radius 2 is 2.18 bits per heavy atom. The first-order valence-electron chi connectivity index (χ1n) is 4.45. The summed E-state index contributed by atoms with van der Waals surface area (Å²) in [7, 11) is 0. The predicted molar refractivity (Wildman–Crippen MR) is 50.4 cm³/mol. The fraction of sp³-hybridized carbons (Fsp3) is 0.800. The van der Waals surface area contributed by atoms with E-state index >= 15 is 0 Å². The minimum absolute atomic E-state index is 0.837. The van der Waals surface area contributed by atoms with Crippen molar-refractivity contribution in [1.82, 2.24) is 5.32 Å². The van der Waals surface area contributed by atoms with Gasteiger partial charge in [-0.3, -0.25) is 0 Å². The van der Waals surface area contributed by atoms with Crippen LogP contribution in [0, 0.1) is 12.3 Å². The topological polar surface area (TPSA) is 12.0 Å². The summed E-state index contributed by atoms with van der Waals surface area (Å²) in [4.78, 5) is 0. The molecule has 1 rings (SSSR count). The third-order valence-corrected chi connectivity index (χ3v) is 1.91. The first-order chi connectivity index (χ1) is 5.35. The highest BCUT2D eigenvalue weighted by Crippen LogP contribution is 2.08. The maximum atomic E-state index is 4.60. The normalized spacial score (nSPS) is 22.8. The number of piperidine rings is 1. The molecule has 1 heterocycles. The Hall–Kier alpha value is -0.480. The summed E-state index contributed by atoms with van der Waals surface area (Å²) < 4.78 is 0. The van der Waals surface area contributed by atoms with Crippen molar-refractivity contribution in [3.8, 4) is 12.3 Å². The highest BCUT2D eigenvalue weighted by Gasteiger charge is 2.08. The fourth-order valence-corrected chi connectivity index (χ4v) is 1.27. The van der Waals surface area contributed by atoms with Crippen LogP contribution in [-0.4, -0.2) is 12.6 Å². The van der Waals surface area contributed by atoms with Crippen molar-refractivity contribution in [3.05, 3.63) is 0 Å². The molecule has 0 aliphatic carbocycles. The van der Waals surface area contributed by atoms with Crippen molar-refractivity contribution in [2.45, 2.75) is 45.6 Å². The molecule has 0 radical (unpaired) electrons. The summed E-state index contributed by atoms with van der Waals surface area (Å²) in [6.07, 6.45) is 10.1. The van der Waals surface area contributed by atoms with Gasteiger partial charge in [-0.2, -0.15) is 0 Å². The Morgan fingerprint density at radius 1 is 1.55 bits per heavy atom. The van der Waals surface area contributed by atoms with E-state index in [-0.39, 0.29) is 0 Å². The van der Waals surface area contributed by atoms with Crippen LogP contribution in [0.5, 0.6) is 0 Å².